The molecule has 2 aliphatic heterocycles. The molecule has 0 aliphatic carbocycles. The highest BCUT2D eigenvalue weighted by Gasteiger charge is 2.54. The van der Waals surface area contributed by atoms with Crippen LogP contribution in [0.1, 0.15) is 31.9 Å². The Labute approximate surface area is 222 Å². The van der Waals surface area contributed by atoms with Crippen LogP contribution in [0, 0.1) is 0 Å². The fourth-order valence-electron chi connectivity index (χ4n) is 3.51. The molecular weight excluding hydrogens is 547 g/mol. The van der Waals surface area contributed by atoms with Gasteiger partial charge in [-0.05, 0) is 12.0 Å². The van der Waals surface area contributed by atoms with Crippen molar-refractivity contribution in [2.75, 3.05) is 23.8 Å². The van der Waals surface area contributed by atoms with E-state index in [9.17, 15) is 19.5 Å². The molecule has 12 nitrogen and oxygen atoms in total. The van der Waals surface area contributed by atoms with Gasteiger partial charge in [-0.15, -0.1) is 33.3 Å². The van der Waals surface area contributed by atoms with Gasteiger partial charge in [0.05, 0.1) is 0 Å². The minimum Gasteiger partial charge on any atom is -0.477 e. The predicted molar refractivity (Wildman–Crippen MR) is 139 cm³/mol. The normalized spacial score (nSPS) is 19.6. The average Bonchev–Trinajstić information content (AvgIpc) is 3.54. The summed E-state index contributed by atoms with van der Waals surface area (Å²) in [5, 5.41) is 25.5. The summed E-state index contributed by atoms with van der Waals surface area (Å²) in [4.78, 5) is 48.8. The number of anilines is 1. The number of aromatic nitrogens is 3. The quantitative estimate of drug-likeness (QED) is 0.112. The van der Waals surface area contributed by atoms with E-state index < -0.39 is 29.2 Å². The number of carboxylic acids is 1. The number of thioether (sulfide) groups is 2. The van der Waals surface area contributed by atoms with Crippen LogP contribution in [0.5, 0.6) is 0 Å². The van der Waals surface area contributed by atoms with Gasteiger partial charge in [-0.2, -0.15) is 0 Å². The summed E-state index contributed by atoms with van der Waals surface area (Å²) in [5.41, 5.74) is 8.03. The van der Waals surface area contributed by atoms with Crippen molar-refractivity contribution in [3.63, 3.8) is 0 Å². The fraction of sp³-hybridized carbons (Fsp3) is 0.450. The van der Waals surface area contributed by atoms with Crippen LogP contribution in [-0.2, 0) is 19.2 Å². The van der Waals surface area contributed by atoms with Crippen molar-refractivity contribution in [2.24, 2.45) is 5.16 Å². The van der Waals surface area contributed by atoms with Crippen molar-refractivity contribution in [3.05, 3.63) is 27.9 Å². The van der Waals surface area contributed by atoms with Gasteiger partial charge in [-0.25, -0.2) is 9.78 Å². The molecule has 0 spiro atoms. The van der Waals surface area contributed by atoms with Crippen LogP contribution in [0.25, 0.3) is 0 Å². The monoisotopic (exact) mass is 569 g/mol. The number of fused-ring (bicyclic) bond motifs is 1. The molecule has 2 aliphatic rings. The zero-order valence-corrected chi connectivity index (χ0v) is 22.3. The number of hydrogen-bond acceptors (Lipinski definition) is 13. The van der Waals surface area contributed by atoms with Gasteiger partial charge in [0, 0.05) is 16.9 Å². The van der Waals surface area contributed by atoms with E-state index in [1.54, 1.807) is 10.9 Å². The second-order valence-electron chi connectivity index (χ2n) is 7.66. The number of aliphatic carboxylic acids is 1. The number of carbonyl (C=O) groups is 3. The SMILES string of the molecule is CCCCCON=C(C(=O)NC1C(=O)N2C(C(=O)O)=C(CSc3nncs3)CS[C@@H]12)c1csc(N)n1. The molecule has 16 heteroatoms. The van der Waals surface area contributed by atoms with Crippen LogP contribution in [-0.4, -0.2) is 78.2 Å². The van der Waals surface area contributed by atoms with Gasteiger partial charge in [0.1, 0.15) is 34.9 Å². The number of nitrogens with two attached hydrogens (primary N) is 1. The van der Waals surface area contributed by atoms with Crippen LogP contribution in [0.4, 0.5) is 5.13 Å². The smallest absolute Gasteiger partial charge is 0.352 e. The molecule has 0 radical (unpaired) electrons. The molecular formula is C20H23N7O5S4. The maximum Gasteiger partial charge on any atom is 0.352 e. The number of β-lactam (4-membered cyclic amide) rings is 1. The first kappa shape index (κ1) is 26.4. The maximum absolute atomic E-state index is 13.1. The van der Waals surface area contributed by atoms with E-state index in [4.69, 9.17) is 10.6 Å². The molecule has 1 unspecified atom stereocenters. The molecule has 0 aromatic carbocycles. The number of hydrogen-bond donors (Lipinski definition) is 3. The molecule has 4 rings (SSSR count). The lowest BCUT2D eigenvalue weighted by Gasteiger charge is -2.49. The lowest BCUT2D eigenvalue weighted by atomic mass is 10.0. The lowest BCUT2D eigenvalue weighted by Crippen LogP contribution is -2.71. The summed E-state index contributed by atoms with van der Waals surface area (Å²) in [7, 11) is 0. The predicted octanol–water partition coefficient (Wildman–Crippen LogP) is 2.02. The van der Waals surface area contributed by atoms with Crippen molar-refractivity contribution < 1.29 is 24.3 Å². The number of unbranched alkanes of at least 4 members (excludes halogenated alkanes) is 2. The third-order valence-electron chi connectivity index (χ3n) is 5.22. The van der Waals surface area contributed by atoms with E-state index in [-0.39, 0.29) is 22.2 Å². The highest BCUT2D eigenvalue weighted by atomic mass is 32.2. The zero-order valence-electron chi connectivity index (χ0n) is 19.1. The van der Waals surface area contributed by atoms with Crippen LogP contribution < -0.4 is 11.1 Å². The third kappa shape index (κ3) is 5.82. The Morgan fingerprint density at radius 3 is 2.89 bits per heavy atom. The standard InChI is InChI=1S/C20H23N7O5S4/c1-2-3-4-5-32-26-12(11-8-34-19(21)23-11)15(28)24-13-16(29)27-14(18(30)31)10(6-33-17(13)27)7-35-20-25-22-9-36-20/h8-9,13,17H,2-7H2,1H3,(H2,21,23)(H,24,28)(H,30,31)/t13?,17-/m0/s1. The van der Waals surface area contributed by atoms with Gasteiger partial charge in [0.15, 0.2) is 15.2 Å². The molecule has 1 saturated heterocycles. The number of nitrogens with one attached hydrogen (secondary N) is 1. The lowest BCUT2D eigenvalue weighted by molar-refractivity contribution is -0.150. The van der Waals surface area contributed by atoms with Crippen LogP contribution in [0.15, 0.2) is 31.7 Å². The molecule has 1 fully saturated rings. The molecule has 4 N–H and O–H groups in total. The van der Waals surface area contributed by atoms with Crippen molar-refractivity contribution in [1.29, 1.82) is 0 Å². The van der Waals surface area contributed by atoms with E-state index in [1.165, 1.54) is 39.8 Å². The summed E-state index contributed by atoms with van der Waals surface area (Å²) in [6.07, 6.45) is 2.76. The molecule has 36 heavy (non-hydrogen) atoms. The molecule has 2 amide bonds. The van der Waals surface area contributed by atoms with Crippen LogP contribution >= 0.6 is 46.2 Å². The number of thiazole rings is 1. The van der Waals surface area contributed by atoms with Gasteiger partial charge in [0.2, 0.25) is 0 Å². The first-order valence-electron chi connectivity index (χ1n) is 10.9. The van der Waals surface area contributed by atoms with E-state index in [1.807, 2.05) is 0 Å². The third-order valence-corrected chi connectivity index (χ3v) is 9.18. The Hall–Kier alpha value is -2.69. The van der Waals surface area contributed by atoms with Crippen molar-refractivity contribution in [2.45, 2.75) is 41.9 Å². The number of carboxylic acid groups (broad SMARTS) is 1. The Morgan fingerprint density at radius 1 is 1.39 bits per heavy atom. The van der Waals surface area contributed by atoms with Crippen molar-refractivity contribution in [1.82, 2.24) is 25.4 Å². The molecule has 192 valence electrons. The number of nitrogen functional groups attached to an aromatic ring is 1. The van der Waals surface area contributed by atoms with Gasteiger partial charge in [0.25, 0.3) is 11.8 Å². The molecule has 2 aromatic heterocycles. The number of amides is 2. The molecule has 4 heterocycles. The minimum atomic E-state index is -1.19. The largest absolute Gasteiger partial charge is 0.477 e. The van der Waals surface area contributed by atoms with E-state index in [0.29, 0.717) is 28.0 Å². The van der Waals surface area contributed by atoms with Crippen molar-refractivity contribution >= 4 is 74.8 Å². The Kier molecular flexibility index (Phi) is 8.81. The van der Waals surface area contributed by atoms with Crippen molar-refractivity contribution in [3.8, 4) is 0 Å². The average molecular weight is 570 g/mol. The van der Waals surface area contributed by atoms with E-state index in [0.717, 1.165) is 30.6 Å². The topological polar surface area (TPSA) is 173 Å². The second-order valence-corrected chi connectivity index (χ2v) is 11.7. The van der Waals surface area contributed by atoms with Gasteiger partial charge < -0.3 is 21.0 Å². The summed E-state index contributed by atoms with van der Waals surface area (Å²) >= 11 is 5.27. The van der Waals surface area contributed by atoms with E-state index >= 15 is 0 Å². The number of nitrogens with zero attached hydrogens (tertiary/aromatic N) is 5. The minimum absolute atomic E-state index is 0.0494. The first-order chi connectivity index (χ1) is 17.4. The Bertz CT molecular complexity index is 1180. The molecule has 0 saturated carbocycles. The van der Waals surface area contributed by atoms with Crippen LogP contribution in [0.3, 0.4) is 0 Å². The molecule has 2 aromatic rings. The Balaban J connectivity index is 1.46. The highest BCUT2D eigenvalue weighted by Crippen LogP contribution is 2.41. The summed E-state index contributed by atoms with van der Waals surface area (Å²) in [6.45, 7) is 2.40. The van der Waals surface area contributed by atoms with E-state index in [2.05, 4.69) is 32.6 Å². The zero-order chi connectivity index (χ0) is 25.7. The molecule has 0 bridgehead atoms. The van der Waals surface area contributed by atoms with Crippen LogP contribution in [0.2, 0.25) is 0 Å². The molecule has 2 atom stereocenters. The number of oxime groups is 1. The fourth-order valence-corrected chi connectivity index (χ4v) is 7.03. The van der Waals surface area contributed by atoms with Gasteiger partial charge in [-0.1, -0.05) is 48.0 Å². The summed E-state index contributed by atoms with van der Waals surface area (Å²) in [5.74, 6) is -1.56. The number of rotatable bonds is 12. The second kappa shape index (κ2) is 12.0. The summed E-state index contributed by atoms with van der Waals surface area (Å²) < 4.78 is 0.714. The highest BCUT2D eigenvalue weighted by molar-refractivity contribution is 8.01. The van der Waals surface area contributed by atoms with Gasteiger partial charge in [-0.3, -0.25) is 14.5 Å². The van der Waals surface area contributed by atoms with Gasteiger partial charge >= 0.3 is 5.97 Å². The Morgan fingerprint density at radius 2 is 2.22 bits per heavy atom. The first-order valence-corrected chi connectivity index (χ1v) is 14.7. The number of carbonyl (C=O) groups excluding carboxylic acids is 2. The maximum atomic E-state index is 13.1. The summed E-state index contributed by atoms with van der Waals surface area (Å²) in [6, 6.07) is -0.907.